The SMILES string of the molecule is Cc1ccc(Cl)cc1C(=O)NC(C)CN. The van der Waals surface area contributed by atoms with Gasteiger partial charge in [0.2, 0.25) is 0 Å². The first-order valence-corrected chi connectivity index (χ1v) is 5.19. The van der Waals surface area contributed by atoms with Crippen LogP contribution in [0.25, 0.3) is 0 Å². The van der Waals surface area contributed by atoms with Crippen LogP contribution in [0.1, 0.15) is 22.8 Å². The first-order chi connectivity index (χ1) is 7.04. The molecule has 0 saturated heterocycles. The smallest absolute Gasteiger partial charge is 0.251 e. The highest BCUT2D eigenvalue weighted by atomic mass is 35.5. The van der Waals surface area contributed by atoms with E-state index >= 15 is 0 Å². The van der Waals surface area contributed by atoms with Crippen molar-refractivity contribution in [1.82, 2.24) is 5.32 Å². The molecule has 1 atom stereocenters. The Hall–Kier alpha value is -1.06. The zero-order valence-corrected chi connectivity index (χ0v) is 9.64. The monoisotopic (exact) mass is 226 g/mol. The normalized spacial score (nSPS) is 12.3. The molecule has 0 aliphatic heterocycles. The molecule has 1 amide bonds. The number of nitrogens with two attached hydrogens (primary N) is 1. The number of halogens is 1. The summed E-state index contributed by atoms with van der Waals surface area (Å²) in [6.45, 7) is 4.15. The summed E-state index contributed by atoms with van der Waals surface area (Å²) in [5.41, 5.74) is 6.93. The first kappa shape index (κ1) is 12.0. The van der Waals surface area contributed by atoms with Crippen molar-refractivity contribution in [2.75, 3.05) is 6.54 Å². The number of carbonyl (C=O) groups is 1. The van der Waals surface area contributed by atoms with E-state index in [4.69, 9.17) is 17.3 Å². The molecule has 3 N–H and O–H groups in total. The number of benzene rings is 1. The maximum atomic E-state index is 11.8. The van der Waals surface area contributed by atoms with Gasteiger partial charge >= 0.3 is 0 Å². The van der Waals surface area contributed by atoms with Crippen LogP contribution >= 0.6 is 11.6 Å². The molecule has 1 aromatic rings. The Morgan fingerprint density at radius 1 is 1.60 bits per heavy atom. The Kier molecular flexibility index (Phi) is 4.12. The molecule has 0 bridgehead atoms. The molecule has 15 heavy (non-hydrogen) atoms. The molecule has 0 spiro atoms. The third-order valence-electron chi connectivity index (χ3n) is 2.18. The number of hydrogen-bond donors (Lipinski definition) is 2. The Morgan fingerprint density at radius 2 is 2.27 bits per heavy atom. The summed E-state index contributed by atoms with van der Waals surface area (Å²) in [5.74, 6) is -0.132. The lowest BCUT2D eigenvalue weighted by molar-refractivity contribution is 0.0940. The quantitative estimate of drug-likeness (QED) is 0.825. The molecule has 1 aromatic carbocycles. The van der Waals surface area contributed by atoms with Crippen molar-refractivity contribution < 1.29 is 4.79 Å². The van der Waals surface area contributed by atoms with Gasteiger partial charge in [0.1, 0.15) is 0 Å². The van der Waals surface area contributed by atoms with Crippen molar-refractivity contribution in [3.8, 4) is 0 Å². The van der Waals surface area contributed by atoms with E-state index in [1.54, 1.807) is 12.1 Å². The Bertz CT molecular complexity index is 366. The van der Waals surface area contributed by atoms with E-state index in [0.717, 1.165) is 5.56 Å². The average molecular weight is 227 g/mol. The van der Waals surface area contributed by atoms with Gasteiger partial charge in [-0.25, -0.2) is 0 Å². The number of amides is 1. The van der Waals surface area contributed by atoms with Crippen LogP contribution in [0.15, 0.2) is 18.2 Å². The summed E-state index contributed by atoms with van der Waals surface area (Å²) < 4.78 is 0. The predicted octanol–water partition coefficient (Wildman–Crippen LogP) is 1.73. The summed E-state index contributed by atoms with van der Waals surface area (Å²) in [7, 11) is 0. The highest BCUT2D eigenvalue weighted by Crippen LogP contribution is 2.15. The molecule has 4 heteroatoms. The third kappa shape index (κ3) is 3.22. The molecule has 0 heterocycles. The topological polar surface area (TPSA) is 55.1 Å². The minimum Gasteiger partial charge on any atom is -0.348 e. The second-order valence-electron chi connectivity index (χ2n) is 3.57. The van der Waals surface area contributed by atoms with Crippen molar-refractivity contribution in [3.63, 3.8) is 0 Å². The molecule has 1 unspecified atom stereocenters. The van der Waals surface area contributed by atoms with Gasteiger partial charge in [-0.05, 0) is 31.5 Å². The minimum atomic E-state index is -0.132. The molecule has 0 aromatic heterocycles. The van der Waals surface area contributed by atoms with E-state index < -0.39 is 0 Å². The highest BCUT2D eigenvalue weighted by molar-refractivity contribution is 6.31. The number of hydrogen-bond acceptors (Lipinski definition) is 2. The maximum absolute atomic E-state index is 11.8. The minimum absolute atomic E-state index is 0.0316. The van der Waals surface area contributed by atoms with Gasteiger partial charge in [0.05, 0.1) is 0 Å². The number of carbonyl (C=O) groups excluding carboxylic acids is 1. The van der Waals surface area contributed by atoms with Gasteiger partial charge in [0, 0.05) is 23.2 Å². The standard InChI is InChI=1S/C11H15ClN2O/c1-7-3-4-9(12)5-10(7)11(15)14-8(2)6-13/h3-5,8H,6,13H2,1-2H3,(H,14,15). The lowest BCUT2D eigenvalue weighted by Crippen LogP contribution is -2.38. The molecular weight excluding hydrogens is 212 g/mol. The average Bonchev–Trinajstić information content (AvgIpc) is 2.21. The van der Waals surface area contributed by atoms with Crippen molar-refractivity contribution in [1.29, 1.82) is 0 Å². The zero-order chi connectivity index (χ0) is 11.4. The third-order valence-corrected chi connectivity index (χ3v) is 2.41. The second-order valence-corrected chi connectivity index (χ2v) is 4.01. The summed E-state index contributed by atoms with van der Waals surface area (Å²) in [5, 5.41) is 3.35. The van der Waals surface area contributed by atoms with Crippen LogP contribution in [-0.4, -0.2) is 18.5 Å². The van der Waals surface area contributed by atoms with E-state index in [1.165, 1.54) is 0 Å². The van der Waals surface area contributed by atoms with Crippen LogP contribution in [0.3, 0.4) is 0 Å². The van der Waals surface area contributed by atoms with E-state index in [-0.39, 0.29) is 11.9 Å². The van der Waals surface area contributed by atoms with E-state index in [0.29, 0.717) is 17.1 Å². The second kappa shape index (κ2) is 5.14. The van der Waals surface area contributed by atoms with Crippen molar-refractivity contribution >= 4 is 17.5 Å². The van der Waals surface area contributed by atoms with Gasteiger partial charge in [-0.1, -0.05) is 17.7 Å². The number of nitrogens with one attached hydrogen (secondary N) is 1. The molecule has 0 fully saturated rings. The Morgan fingerprint density at radius 3 is 2.87 bits per heavy atom. The van der Waals surface area contributed by atoms with Crippen molar-refractivity contribution in [2.24, 2.45) is 5.73 Å². The molecule has 0 radical (unpaired) electrons. The van der Waals surface area contributed by atoms with Gasteiger partial charge in [-0.15, -0.1) is 0 Å². The number of rotatable bonds is 3. The number of aryl methyl sites for hydroxylation is 1. The van der Waals surface area contributed by atoms with Crippen LogP contribution in [0.2, 0.25) is 5.02 Å². The zero-order valence-electron chi connectivity index (χ0n) is 8.88. The summed E-state index contributed by atoms with van der Waals surface area (Å²) >= 11 is 5.83. The van der Waals surface area contributed by atoms with Gasteiger partial charge < -0.3 is 11.1 Å². The molecule has 3 nitrogen and oxygen atoms in total. The largest absolute Gasteiger partial charge is 0.348 e. The summed E-state index contributed by atoms with van der Waals surface area (Å²) in [6.07, 6.45) is 0. The van der Waals surface area contributed by atoms with Gasteiger partial charge in [0.25, 0.3) is 5.91 Å². The molecular formula is C11H15ClN2O. The molecule has 0 aliphatic rings. The van der Waals surface area contributed by atoms with E-state index in [1.807, 2.05) is 19.9 Å². The van der Waals surface area contributed by atoms with Crippen LogP contribution in [0.5, 0.6) is 0 Å². The maximum Gasteiger partial charge on any atom is 0.251 e. The molecule has 0 saturated carbocycles. The molecule has 82 valence electrons. The van der Waals surface area contributed by atoms with Gasteiger partial charge in [-0.2, -0.15) is 0 Å². The van der Waals surface area contributed by atoms with E-state index in [2.05, 4.69) is 5.32 Å². The van der Waals surface area contributed by atoms with Crippen LogP contribution in [0, 0.1) is 6.92 Å². The summed E-state index contributed by atoms with van der Waals surface area (Å²) in [6, 6.07) is 5.22. The first-order valence-electron chi connectivity index (χ1n) is 4.81. The molecule has 1 rings (SSSR count). The van der Waals surface area contributed by atoms with Crippen LogP contribution < -0.4 is 11.1 Å². The highest BCUT2D eigenvalue weighted by Gasteiger charge is 2.11. The van der Waals surface area contributed by atoms with Crippen LogP contribution in [0.4, 0.5) is 0 Å². The lowest BCUT2D eigenvalue weighted by Gasteiger charge is -2.12. The predicted molar refractivity (Wildman–Crippen MR) is 62.2 cm³/mol. The van der Waals surface area contributed by atoms with Crippen LogP contribution in [-0.2, 0) is 0 Å². The Labute approximate surface area is 94.6 Å². The molecule has 0 aliphatic carbocycles. The lowest BCUT2D eigenvalue weighted by atomic mass is 10.1. The van der Waals surface area contributed by atoms with Gasteiger partial charge in [-0.3, -0.25) is 4.79 Å². The van der Waals surface area contributed by atoms with Crippen molar-refractivity contribution in [2.45, 2.75) is 19.9 Å². The van der Waals surface area contributed by atoms with E-state index in [9.17, 15) is 4.79 Å². The fraction of sp³-hybridized carbons (Fsp3) is 0.364. The summed E-state index contributed by atoms with van der Waals surface area (Å²) in [4.78, 5) is 11.8. The fourth-order valence-electron chi connectivity index (χ4n) is 1.20. The fourth-order valence-corrected chi connectivity index (χ4v) is 1.37. The van der Waals surface area contributed by atoms with Crippen molar-refractivity contribution in [3.05, 3.63) is 34.3 Å². The van der Waals surface area contributed by atoms with Gasteiger partial charge in [0.15, 0.2) is 0 Å². The Balaban J connectivity index is 2.86.